The zero-order valence-electron chi connectivity index (χ0n) is 8.86. The van der Waals surface area contributed by atoms with Gasteiger partial charge in [-0.1, -0.05) is 13.0 Å². The van der Waals surface area contributed by atoms with Crippen molar-refractivity contribution < 1.29 is 9.90 Å². The van der Waals surface area contributed by atoms with Crippen molar-refractivity contribution in [2.45, 2.75) is 24.2 Å². The van der Waals surface area contributed by atoms with Crippen LogP contribution >= 0.6 is 11.8 Å². The molecule has 0 heterocycles. The van der Waals surface area contributed by atoms with Crippen LogP contribution in [0, 0.1) is 0 Å². The van der Waals surface area contributed by atoms with E-state index in [9.17, 15) is 4.79 Å². The Kier molecular flexibility index (Phi) is 4.03. The summed E-state index contributed by atoms with van der Waals surface area (Å²) >= 11 is 1.53. The van der Waals surface area contributed by atoms with E-state index >= 15 is 0 Å². The summed E-state index contributed by atoms with van der Waals surface area (Å²) < 4.78 is 0. The van der Waals surface area contributed by atoms with Crippen LogP contribution in [0.5, 0.6) is 0 Å². The standard InChI is InChI=1S/C11H15NO2S/c1-3-8(11(13)14)7-4-5-9(12)10(6-7)15-2/h4-6,8H,3,12H2,1-2H3,(H,13,14). The van der Waals surface area contributed by atoms with Crippen molar-refractivity contribution in [3.8, 4) is 0 Å². The van der Waals surface area contributed by atoms with Gasteiger partial charge in [0, 0.05) is 10.6 Å². The van der Waals surface area contributed by atoms with E-state index in [0.29, 0.717) is 12.1 Å². The number of thioether (sulfide) groups is 1. The summed E-state index contributed by atoms with van der Waals surface area (Å²) in [6.07, 6.45) is 2.52. The number of rotatable bonds is 4. The van der Waals surface area contributed by atoms with E-state index in [4.69, 9.17) is 10.8 Å². The van der Waals surface area contributed by atoms with Gasteiger partial charge in [0.2, 0.25) is 0 Å². The molecule has 4 heteroatoms. The van der Waals surface area contributed by atoms with E-state index in [0.717, 1.165) is 10.5 Å². The maximum absolute atomic E-state index is 11.0. The lowest BCUT2D eigenvalue weighted by molar-refractivity contribution is -0.138. The third-order valence-electron chi connectivity index (χ3n) is 2.37. The van der Waals surface area contributed by atoms with Crippen LogP contribution in [-0.2, 0) is 4.79 Å². The highest BCUT2D eigenvalue weighted by atomic mass is 32.2. The van der Waals surface area contributed by atoms with Gasteiger partial charge in [0.25, 0.3) is 0 Å². The highest BCUT2D eigenvalue weighted by Gasteiger charge is 2.18. The highest BCUT2D eigenvalue weighted by molar-refractivity contribution is 7.98. The Hall–Kier alpha value is -1.16. The molecular formula is C11H15NO2S. The van der Waals surface area contributed by atoms with Crippen molar-refractivity contribution in [2.75, 3.05) is 12.0 Å². The number of hydrogen-bond acceptors (Lipinski definition) is 3. The van der Waals surface area contributed by atoms with Crippen molar-refractivity contribution in [1.29, 1.82) is 0 Å². The minimum absolute atomic E-state index is 0.434. The number of carboxylic acids is 1. The van der Waals surface area contributed by atoms with Gasteiger partial charge in [0.05, 0.1) is 5.92 Å². The van der Waals surface area contributed by atoms with Crippen molar-refractivity contribution in [3.63, 3.8) is 0 Å². The smallest absolute Gasteiger partial charge is 0.310 e. The zero-order valence-corrected chi connectivity index (χ0v) is 9.67. The molecule has 0 spiro atoms. The second kappa shape index (κ2) is 5.07. The van der Waals surface area contributed by atoms with E-state index in [1.807, 2.05) is 19.2 Å². The molecule has 3 N–H and O–H groups in total. The average molecular weight is 225 g/mol. The number of carboxylic acid groups (broad SMARTS) is 1. The minimum atomic E-state index is -0.783. The SMILES string of the molecule is CCC(C(=O)O)c1ccc(N)c(SC)c1. The molecule has 0 saturated heterocycles. The molecule has 1 atom stereocenters. The Morgan fingerprint density at radius 2 is 2.27 bits per heavy atom. The summed E-state index contributed by atoms with van der Waals surface area (Å²) in [6, 6.07) is 5.42. The minimum Gasteiger partial charge on any atom is -0.481 e. The highest BCUT2D eigenvalue weighted by Crippen LogP contribution is 2.28. The molecule has 0 aliphatic heterocycles. The largest absolute Gasteiger partial charge is 0.481 e. The lowest BCUT2D eigenvalue weighted by atomic mass is 9.96. The first-order chi connectivity index (χ1) is 7.10. The molecule has 1 aromatic carbocycles. The molecule has 82 valence electrons. The van der Waals surface area contributed by atoms with Gasteiger partial charge in [0.15, 0.2) is 0 Å². The van der Waals surface area contributed by atoms with E-state index in [2.05, 4.69) is 0 Å². The number of carbonyl (C=O) groups is 1. The summed E-state index contributed by atoms with van der Waals surface area (Å²) in [4.78, 5) is 11.9. The molecular weight excluding hydrogens is 210 g/mol. The predicted molar refractivity (Wildman–Crippen MR) is 63.3 cm³/mol. The first kappa shape index (κ1) is 11.9. The van der Waals surface area contributed by atoms with Crippen LogP contribution in [0.3, 0.4) is 0 Å². The van der Waals surface area contributed by atoms with Crippen LogP contribution in [0.1, 0.15) is 24.8 Å². The molecule has 15 heavy (non-hydrogen) atoms. The molecule has 1 rings (SSSR count). The van der Waals surface area contributed by atoms with Crippen LogP contribution in [0.4, 0.5) is 5.69 Å². The number of hydrogen-bond donors (Lipinski definition) is 2. The summed E-state index contributed by atoms with van der Waals surface area (Å²) in [7, 11) is 0. The first-order valence-electron chi connectivity index (χ1n) is 4.76. The van der Waals surface area contributed by atoms with Crippen molar-refractivity contribution >= 4 is 23.4 Å². The fourth-order valence-corrected chi connectivity index (χ4v) is 2.06. The predicted octanol–water partition coefficient (Wildman–Crippen LogP) is 2.57. The van der Waals surface area contributed by atoms with Gasteiger partial charge >= 0.3 is 5.97 Å². The Morgan fingerprint density at radius 1 is 1.60 bits per heavy atom. The van der Waals surface area contributed by atoms with Crippen LogP contribution in [0.2, 0.25) is 0 Å². The fraction of sp³-hybridized carbons (Fsp3) is 0.364. The van der Waals surface area contributed by atoms with Crippen LogP contribution in [0.25, 0.3) is 0 Å². The first-order valence-corrected chi connectivity index (χ1v) is 5.98. The number of anilines is 1. The Labute approximate surface area is 93.7 Å². The van der Waals surface area contributed by atoms with Gasteiger partial charge in [-0.2, -0.15) is 0 Å². The molecule has 1 aromatic rings. The quantitative estimate of drug-likeness (QED) is 0.610. The molecule has 0 amide bonds. The lowest BCUT2D eigenvalue weighted by Crippen LogP contribution is -2.10. The van der Waals surface area contributed by atoms with Crippen LogP contribution in [-0.4, -0.2) is 17.3 Å². The monoisotopic (exact) mass is 225 g/mol. The number of benzene rings is 1. The van der Waals surface area contributed by atoms with Gasteiger partial charge in [-0.05, 0) is 30.4 Å². The van der Waals surface area contributed by atoms with Crippen LogP contribution in [0.15, 0.2) is 23.1 Å². The Bertz CT molecular complexity index is 366. The van der Waals surface area contributed by atoms with E-state index in [-0.39, 0.29) is 0 Å². The van der Waals surface area contributed by atoms with Crippen LogP contribution < -0.4 is 5.73 Å². The van der Waals surface area contributed by atoms with Crippen molar-refractivity contribution in [1.82, 2.24) is 0 Å². The Morgan fingerprint density at radius 3 is 2.73 bits per heavy atom. The molecule has 3 nitrogen and oxygen atoms in total. The zero-order chi connectivity index (χ0) is 11.4. The second-order valence-electron chi connectivity index (χ2n) is 3.30. The maximum atomic E-state index is 11.0. The number of aliphatic carboxylic acids is 1. The lowest BCUT2D eigenvalue weighted by Gasteiger charge is -2.12. The average Bonchev–Trinajstić information content (AvgIpc) is 2.21. The van der Waals surface area contributed by atoms with Gasteiger partial charge in [-0.15, -0.1) is 11.8 Å². The molecule has 0 aliphatic rings. The fourth-order valence-electron chi connectivity index (χ4n) is 1.50. The number of nitrogen functional groups attached to an aromatic ring is 1. The molecule has 0 radical (unpaired) electrons. The summed E-state index contributed by atoms with van der Waals surface area (Å²) in [5.74, 6) is -1.22. The normalized spacial score (nSPS) is 12.4. The molecule has 0 aromatic heterocycles. The summed E-state index contributed by atoms with van der Waals surface area (Å²) in [6.45, 7) is 1.87. The summed E-state index contributed by atoms with van der Waals surface area (Å²) in [5.41, 5.74) is 7.27. The van der Waals surface area contributed by atoms with E-state index < -0.39 is 11.9 Å². The van der Waals surface area contributed by atoms with Crippen molar-refractivity contribution in [3.05, 3.63) is 23.8 Å². The summed E-state index contributed by atoms with van der Waals surface area (Å²) in [5, 5.41) is 9.02. The van der Waals surface area contributed by atoms with E-state index in [1.54, 1.807) is 12.1 Å². The molecule has 0 aliphatic carbocycles. The third kappa shape index (κ3) is 2.65. The Balaban J connectivity index is 3.09. The maximum Gasteiger partial charge on any atom is 0.310 e. The van der Waals surface area contributed by atoms with Gasteiger partial charge < -0.3 is 10.8 Å². The van der Waals surface area contributed by atoms with E-state index in [1.165, 1.54) is 11.8 Å². The molecule has 0 bridgehead atoms. The third-order valence-corrected chi connectivity index (χ3v) is 3.16. The molecule has 1 unspecified atom stereocenters. The molecule has 0 fully saturated rings. The second-order valence-corrected chi connectivity index (χ2v) is 4.15. The van der Waals surface area contributed by atoms with Crippen molar-refractivity contribution in [2.24, 2.45) is 0 Å². The van der Waals surface area contributed by atoms with Gasteiger partial charge in [0.1, 0.15) is 0 Å². The topological polar surface area (TPSA) is 63.3 Å². The molecule has 0 saturated carbocycles. The van der Waals surface area contributed by atoms with Gasteiger partial charge in [-0.25, -0.2) is 0 Å². The van der Waals surface area contributed by atoms with Gasteiger partial charge in [-0.3, -0.25) is 4.79 Å². The number of nitrogens with two attached hydrogens (primary N) is 1.